The summed E-state index contributed by atoms with van der Waals surface area (Å²) in [4.78, 5) is 2.19. The average Bonchev–Trinajstić information content (AvgIpc) is 2.65. The summed E-state index contributed by atoms with van der Waals surface area (Å²) >= 11 is 10.6. The van der Waals surface area contributed by atoms with Crippen LogP contribution >= 0.6 is 39.9 Å². The highest BCUT2D eigenvalue weighted by Gasteiger charge is 2.10. The molecule has 6 heteroatoms. The quantitative estimate of drug-likeness (QED) is 0.346. The Morgan fingerprint density at radius 1 is 1.08 bits per heavy atom. The van der Waals surface area contributed by atoms with Gasteiger partial charge in [0.25, 0.3) is 0 Å². The summed E-state index contributed by atoms with van der Waals surface area (Å²) in [5.74, 6) is 0.725. The van der Waals surface area contributed by atoms with E-state index in [1.54, 1.807) is 11.8 Å². The highest BCUT2D eigenvalue weighted by molar-refractivity contribution is 9.10. The first-order valence-electron chi connectivity index (χ1n) is 8.19. The molecule has 0 fully saturated rings. The van der Waals surface area contributed by atoms with Crippen LogP contribution in [0.3, 0.4) is 0 Å². The molecule has 0 spiro atoms. The zero-order chi connectivity index (χ0) is 18.1. The molecule has 0 bridgehead atoms. The van der Waals surface area contributed by atoms with Crippen molar-refractivity contribution in [2.75, 3.05) is 24.3 Å². The van der Waals surface area contributed by atoms with Gasteiger partial charge in [0.15, 0.2) is 0 Å². The number of rotatable bonds is 7. The molecule has 0 aliphatic rings. The molecule has 2 aromatic rings. The Balaban J connectivity index is 2.12. The van der Waals surface area contributed by atoms with Gasteiger partial charge in [-0.05, 0) is 43.7 Å². The predicted molar refractivity (Wildman–Crippen MR) is 119 cm³/mol. The summed E-state index contributed by atoms with van der Waals surface area (Å²) in [6.45, 7) is 6.10. The topological polar surface area (TPSA) is 27.6 Å². The second-order valence-electron chi connectivity index (χ2n) is 5.27. The number of nitrogens with one attached hydrogen (secondary N) is 1. The molecule has 0 aromatic heterocycles. The number of anilines is 1. The van der Waals surface area contributed by atoms with Crippen LogP contribution in [0.4, 0.5) is 5.69 Å². The van der Waals surface area contributed by atoms with Crippen molar-refractivity contribution in [1.82, 2.24) is 4.90 Å². The number of hydrogen-bond acceptors (Lipinski definition) is 4. The van der Waals surface area contributed by atoms with Gasteiger partial charge in [-0.1, -0.05) is 70.2 Å². The zero-order valence-electron chi connectivity index (χ0n) is 14.4. The molecule has 0 atom stereocenters. The van der Waals surface area contributed by atoms with E-state index in [2.05, 4.69) is 57.3 Å². The lowest BCUT2D eigenvalue weighted by Crippen LogP contribution is -2.27. The number of hydrazone groups is 1. The van der Waals surface area contributed by atoms with Crippen molar-refractivity contribution in [3.63, 3.8) is 0 Å². The first kappa shape index (κ1) is 19.9. The first-order valence-corrected chi connectivity index (χ1v) is 10.4. The summed E-state index contributed by atoms with van der Waals surface area (Å²) in [6.07, 6.45) is 0. The molecule has 0 aliphatic heterocycles. The molecule has 25 heavy (non-hydrogen) atoms. The molecule has 2 aromatic carbocycles. The van der Waals surface area contributed by atoms with Crippen molar-refractivity contribution in [1.29, 1.82) is 0 Å². The van der Waals surface area contributed by atoms with Gasteiger partial charge < -0.3 is 4.90 Å². The van der Waals surface area contributed by atoms with Crippen LogP contribution in [-0.2, 0) is 0 Å². The number of thiocarbonyl (C=S) groups is 1. The van der Waals surface area contributed by atoms with Gasteiger partial charge in [-0.15, -0.1) is 0 Å². The normalized spacial score (nSPS) is 11.2. The third kappa shape index (κ3) is 6.45. The van der Waals surface area contributed by atoms with Gasteiger partial charge >= 0.3 is 0 Å². The van der Waals surface area contributed by atoms with Crippen molar-refractivity contribution in [2.24, 2.45) is 5.10 Å². The summed E-state index contributed by atoms with van der Waals surface area (Å²) in [5, 5.41) is 4.63. The molecule has 132 valence electrons. The molecule has 0 saturated carbocycles. The van der Waals surface area contributed by atoms with Gasteiger partial charge in [0.2, 0.25) is 0 Å². The average molecular weight is 436 g/mol. The lowest BCUT2D eigenvalue weighted by atomic mass is 10.1. The minimum atomic E-state index is 0.725. The fraction of sp³-hybridized carbons (Fsp3) is 0.263. The van der Waals surface area contributed by atoms with E-state index in [1.165, 1.54) is 0 Å². The van der Waals surface area contributed by atoms with E-state index in [0.717, 1.165) is 44.6 Å². The van der Waals surface area contributed by atoms with Crippen molar-refractivity contribution in [3.05, 3.63) is 64.6 Å². The Morgan fingerprint density at radius 3 is 2.32 bits per heavy atom. The number of nitrogens with zero attached hydrogens (tertiary/aromatic N) is 2. The summed E-state index contributed by atoms with van der Waals surface area (Å²) in [7, 11) is 0. The van der Waals surface area contributed by atoms with Crippen LogP contribution in [-0.4, -0.2) is 33.8 Å². The van der Waals surface area contributed by atoms with Gasteiger partial charge in [0.1, 0.15) is 4.32 Å². The fourth-order valence-electron chi connectivity index (χ4n) is 2.17. The Hall–Kier alpha value is -1.37. The molecule has 3 nitrogen and oxygen atoms in total. The van der Waals surface area contributed by atoms with Gasteiger partial charge in [0.05, 0.1) is 11.4 Å². The van der Waals surface area contributed by atoms with Crippen LogP contribution in [0.15, 0.2) is 64.2 Å². The van der Waals surface area contributed by atoms with E-state index in [-0.39, 0.29) is 0 Å². The maximum atomic E-state index is 5.54. The van der Waals surface area contributed by atoms with E-state index in [4.69, 9.17) is 12.2 Å². The lowest BCUT2D eigenvalue weighted by Gasteiger charge is -2.21. The number of halogens is 1. The third-order valence-electron chi connectivity index (χ3n) is 3.63. The van der Waals surface area contributed by atoms with Crippen LogP contribution < -0.4 is 5.43 Å². The maximum Gasteiger partial charge on any atom is 0.136 e. The molecular weight excluding hydrogens is 414 g/mol. The van der Waals surface area contributed by atoms with E-state index in [1.807, 2.05) is 42.5 Å². The summed E-state index contributed by atoms with van der Waals surface area (Å²) < 4.78 is 1.96. The second kappa shape index (κ2) is 10.6. The monoisotopic (exact) mass is 435 g/mol. The predicted octanol–water partition coefficient (Wildman–Crippen LogP) is 5.63. The number of thioether (sulfide) groups is 1. The van der Waals surface area contributed by atoms with E-state index in [9.17, 15) is 0 Å². The SMILES string of the molecule is CCN(CC)C(=S)SCC(=NNc1ccc(Br)cc1)c1ccccc1. The molecular formula is C19H22BrN3S2. The van der Waals surface area contributed by atoms with E-state index >= 15 is 0 Å². The molecule has 0 heterocycles. The van der Waals surface area contributed by atoms with Crippen LogP contribution in [0, 0.1) is 0 Å². The first-order chi connectivity index (χ1) is 12.1. The third-order valence-corrected chi connectivity index (χ3v) is 5.69. The van der Waals surface area contributed by atoms with Gasteiger partial charge in [-0.2, -0.15) is 5.10 Å². The molecule has 0 aliphatic carbocycles. The van der Waals surface area contributed by atoms with Crippen molar-refractivity contribution >= 4 is 55.6 Å². The Labute approximate surface area is 168 Å². The van der Waals surface area contributed by atoms with Crippen LogP contribution in [0.1, 0.15) is 19.4 Å². The lowest BCUT2D eigenvalue weighted by molar-refractivity contribution is 0.482. The molecule has 0 unspecified atom stereocenters. The summed E-state index contributed by atoms with van der Waals surface area (Å²) in [5.41, 5.74) is 6.17. The standard InChI is InChI=1S/C19H22BrN3S2/c1-3-23(4-2)19(24)25-14-18(15-8-6-5-7-9-15)22-21-17-12-10-16(20)11-13-17/h5-13,21H,3-4,14H2,1-2H3. The largest absolute Gasteiger partial charge is 0.358 e. The second-order valence-corrected chi connectivity index (χ2v) is 7.79. The Bertz CT molecular complexity index is 698. The van der Waals surface area contributed by atoms with Crippen molar-refractivity contribution in [3.8, 4) is 0 Å². The smallest absolute Gasteiger partial charge is 0.136 e. The van der Waals surface area contributed by atoms with Gasteiger partial charge in [0, 0.05) is 23.3 Å². The zero-order valence-corrected chi connectivity index (χ0v) is 17.6. The molecule has 0 saturated heterocycles. The van der Waals surface area contributed by atoms with Crippen LogP contribution in [0.2, 0.25) is 0 Å². The van der Waals surface area contributed by atoms with Crippen molar-refractivity contribution < 1.29 is 0 Å². The molecule has 0 radical (unpaired) electrons. The van der Waals surface area contributed by atoms with Crippen molar-refractivity contribution in [2.45, 2.75) is 13.8 Å². The minimum absolute atomic E-state index is 0.725. The summed E-state index contributed by atoms with van der Waals surface area (Å²) in [6, 6.07) is 18.2. The number of hydrogen-bond donors (Lipinski definition) is 1. The van der Waals surface area contributed by atoms with Crippen LogP contribution in [0.25, 0.3) is 0 Å². The van der Waals surface area contributed by atoms with Gasteiger partial charge in [-0.3, -0.25) is 5.43 Å². The Morgan fingerprint density at radius 2 is 1.72 bits per heavy atom. The van der Waals surface area contributed by atoms with Gasteiger partial charge in [-0.25, -0.2) is 0 Å². The number of benzene rings is 2. The molecule has 1 N–H and O–H groups in total. The van der Waals surface area contributed by atoms with E-state index in [0.29, 0.717) is 0 Å². The van der Waals surface area contributed by atoms with E-state index < -0.39 is 0 Å². The maximum absolute atomic E-state index is 5.54. The minimum Gasteiger partial charge on any atom is -0.358 e. The highest BCUT2D eigenvalue weighted by Crippen LogP contribution is 2.16. The fourth-order valence-corrected chi connectivity index (χ4v) is 3.80. The molecule has 0 amide bonds. The Kier molecular flexibility index (Phi) is 8.44. The van der Waals surface area contributed by atoms with Crippen LogP contribution in [0.5, 0.6) is 0 Å². The molecule has 2 rings (SSSR count). The highest BCUT2D eigenvalue weighted by atomic mass is 79.9.